The third-order valence-corrected chi connectivity index (χ3v) is 5.13. The second-order valence-electron chi connectivity index (χ2n) is 6.81. The van der Waals surface area contributed by atoms with Crippen molar-refractivity contribution in [3.8, 4) is 0 Å². The number of piperidine rings is 1. The summed E-state index contributed by atoms with van der Waals surface area (Å²) in [4.78, 5) is 13.9. The summed E-state index contributed by atoms with van der Waals surface area (Å²) in [6.45, 7) is 8.13. The molecule has 2 aliphatic rings. The Kier molecular flexibility index (Phi) is 4.78. The highest BCUT2D eigenvalue weighted by Crippen LogP contribution is 2.34. The van der Waals surface area contributed by atoms with Gasteiger partial charge in [0.05, 0.1) is 13.2 Å². The average Bonchev–Trinajstić information content (AvgIpc) is 3.11. The Labute approximate surface area is 154 Å². The van der Waals surface area contributed by atoms with Gasteiger partial charge in [0.25, 0.3) is 0 Å². The Morgan fingerprint density at radius 1 is 1.08 bits per heavy atom. The van der Waals surface area contributed by atoms with Gasteiger partial charge >= 0.3 is 0 Å². The molecule has 4 rings (SSSR count). The normalized spacial score (nSPS) is 19.1. The molecule has 0 saturated carbocycles. The standard InChI is InChI=1S/C20H26N4O2/c1-3-24(17-7-5-4-6-8-17)19-15-18(21-16(2)22-19)23-11-9-20(10-12-23)25-13-14-26-20/h4-8,15H,3,9-14H2,1-2H3. The van der Waals surface area contributed by atoms with Crippen molar-refractivity contribution in [2.45, 2.75) is 32.5 Å². The Hall–Kier alpha value is -2.18. The van der Waals surface area contributed by atoms with Crippen molar-refractivity contribution < 1.29 is 9.47 Å². The molecule has 2 saturated heterocycles. The largest absolute Gasteiger partial charge is 0.356 e. The second-order valence-corrected chi connectivity index (χ2v) is 6.81. The van der Waals surface area contributed by atoms with Gasteiger partial charge in [-0.1, -0.05) is 18.2 Å². The molecule has 0 radical (unpaired) electrons. The van der Waals surface area contributed by atoms with Crippen LogP contribution in [0.5, 0.6) is 0 Å². The van der Waals surface area contributed by atoms with E-state index in [-0.39, 0.29) is 5.79 Å². The van der Waals surface area contributed by atoms with E-state index in [9.17, 15) is 0 Å². The zero-order chi connectivity index (χ0) is 18.0. The van der Waals surface area contributed by atoms with Crippen LogP contribution in [0.4, 0.5) is 17.3 Å². The van der Waals surface area contributed by atoms with Crippen molar-refractivity contribution in [2.75, 3.05) is 42.6 Å². The summed E-state index contributed by atoms with van der Waals surface area (Å²) < 4.78 is 11.7. The van der Waals surface area contributed by atoms with Crippen molar-refractivity contribution in [2.24, 2.45) is 0 Å². The molecule has 0 aliphatic carbocycles. The van der Waals surface area contributed by atoms with Crippen LogP contribution in [0.25, 0.3) is 0 Å². The van der Waals surface area contributed by atoms with Crippen LogP contribution in [0, 0.1) is 6.92 Å². The van der Waals surface area contributed by atoms with E-state index in [0.717, 1.165) is 55.6 Å². The van der Waals surface area contributed by atoms with E-state index in [1.807, 2.05) is 13.0 Å². The van der Waals surface area contributed by atoms with Crippen molar-refractivity contribution in [3.05, 3.63) is 42.2 Å². The summed E-state index contributed by atoms with van der Waals surface area (Å²) in [6.07, 6.45) is 1.75. The molecular weight excluding hydrogens is 328 g/mol. The smallest absolute Gasteiger partial charge is 0.171 e. The van der Waals surface area contributed by atoms with E-state index < -0.39 is 0 Å². The number of anilines is 3. The van der Waals surface area contributed by atoms with Gasteiger partial charge in [-0.2, -0.15) is 0 Å². The Morgan fingerprint density at radius 2 is 1.77 bits per heavy atom. The summed E-state index contributed by atoms with van der Waals surface area (Å²) >= 11 is 0. The van der Waals surface area contributed by atoms with Crippen LogP contribution < -0.4 is 9.80 Å². The second kappa shape index (κ2) is 7.21. The first-order valence-electron chi connectivity index (χ1n) is 9.40. The molecule has 1 aromatic carbocycles. The fourth-order valence-electron chi connectivity index (χ4n) is 3.78. The van der Waals surface area contributed by atoms with Gasteiger partial charge in [-0.3, -0.25) is 0 Å². The molecule has 0 amide bonds. The molecule has 3 heterocycles. The topological polar surface area (TPSA) is 50.7 Å². The maximum absolute atomic E-state index is 5.84. The summed E-state index contributed by atoms with van der Waals surface area (Å²) in [7, 11) is 0. The van der Waals surface area contributed by atoms with Gasteiger partial charge in [0.1, 0.15) is 17.5 Å². The van der Waals surface area contributed by atoms with Gasteiger partial charge in [-0.25, -0.2) is 9.97 Å². The zero-order valence-electron chi connectivity index (χ0n) is 15.5. The minimum Gasteiger partial charge on any atom is -0.356 e. The van der Waals surface area contributed by atoms with Gasteiger partial charge < -0.3 is 19.3 Å². The summed E-state index contributed by atoms with van der Waals surface area (Å²) in [5.41, 5.74) is 1.14. The molecule has 0 unspecified atom stereocenters. The van der Waals surface area contributed by atoms with Crippen LogP contribution in [0.1, 0.15) is 25.6 Å². The molecule has 6 heteroatoms. The number of para-hydroxylation sites is 1. The molecule has 0 atom stereocenters. The number of hydrogen-bond donors (Lipinski definition) is 0. The maximum Gasteiger partial charge on any atom is 0.171 e. The number of benzene rings is 1. The molecule has 26 heavy (non-hydrogen) atoms. The van der Waals surface area contributed by atoms with Crippen molar-refractivity contribution in [3.63, 3.8) is 0 Å². The van der Waals surface area contributed by atoms with E-state index >= 15 is 0 Å². The lowest BCUT2D eigenvalue weighted by Crippen LogP contribution is -2.45. The molecule has 0 N–H and O–H groups in total. The highest BCUT2D eigenvalue weighted by atomic mass is 16.7. The predicted molar refractivity (Wildman–Crippen MR) is 102 cm³/mol. The number of aryl methyl sites for hydroxylation is 1. The molecule has 1 spiro atoms. The fourth-order valence-corrected chi connectivity index (χ4v) is 3.78. The Bertz CT molecular complexity index is 737. The first-order valence-corrected chi connectivity index (χ1v) is 9.40. The molecule has 138 valence electrons. The highest BCUT2D eigenvalue weighted by molar-refractivity contribution is 5.62. The first-order chi connectivity index (χ1) is 12.7. The van der Waals surface area contributed by atoms with Crippen LogP contribution >= 0.6 is 0 Å². The van der Waals surface area contributed by atoms with E-state index in [1.54, 1.807) is 0 Å². The van der Waals surface area contributed by atoms with Crippen LogP contribution in [-0.4, -0.2) is 48.6 Å². The summed E-state index contributed by atoms with van der Waals surface area (Å²) in [5, 5.41) is 0. The number of hydrogen-bond acceptors (Lipinski definition) is 6. The molecular formula is C20H26N4O2. The third kappa shape index (κ3) is 3.39. The van der Waals surface area contributed by atoms with Gasteiger partial charge in [0.15, 0.2) is 5.79 Å². The van der Waals surface area contributed by atoms with Gasteiger partial charge in [0.2, 0.25) is 0 Å². The Morgan fingerprint density at radius 3 is 2.42 bits per heavy atom. The predicted octanol–water partition coefficient (Wildman–Crippen LogP) is 3.29. The number of nitrogens with zero attached hydrogens (tertiary/aromatic N) is 4. The monoisotopic (exact) mass is 354 g/mol. The number of rotatable bonds is 4. The fraction of sp³-hybridized carbons (Fsp3) is 0.500. The maximum atomic E-state index is 5.84. The van der Waals surface area contributed by atoms with E-state index in [0.29, 0.717) is 13.2 Å². The van der Waals surface area contributed by atoms with Crippen LogP contribution in [0.2, 0.25) is 0 Å². The lowest BCUT2D eigenvalue weighted by Gasteiger charge is -2.38. The third-order valence-electron chi connectivity index (χ3n) is 5.13. The van der Waals surface area contributed by atoms with Crippen LogP contribution in [0.3, 0.4) is 0 Å². The van der Waals surface area contributed by atoms with E-state index in [2.05, 4.69) is 57.0 Å². The number of ether oxygens (including phenoxy) is 2. The molecule has 2 fully saturated rings. The lowest BCUT2D eigenvalue weighted by atomic mass is 10.0. The number of aromatic nitrogens is 2. The molecule has 2 aliphatic heterocycles. The van der Waals surface area contributed by atoms with E-state index in [4.69, 9.17) is 9.47 Å². The van der Waals surface area contributed by atoms with Crippen LogP contribution in [0.15, 0.2) is 36.4 Å². The van der Waals surface area contributed by atoms with Gasteiger partial charge in [-0.15, -0.1) is 0 Å². The minimum atomic E-state index is -0.360. The molecule has 2 aromatic rings. The molecule has 0 bridgehead atoms. The summed E-state index contributed by atoms with van der Waals surface area (Å²) in [5.74, 6) is 2.35. The van der Waals surface area contributed by atoms with Crippen LogP contribution in [-0.2, 0) is 9.47 Å². The SMILES string of the molecule is CCN(c1ccccc1)c1cc(N2CCC3(CC2)OCCO3)nc(C)n1. The highest BCUT2D eigenvalue weighted by Gasteiger charge is 2.40. The molecule has 6 nitrogen and oxygen atoms in total. The van der Waals surface area contributed by atoms with Gasteiger partial charge in [0, 0.05) is 44.2 Å². The first kappa shape index (κ1) is 17.2. The average molecular weight is 354 g/mol. The van der Waals surface area contributed by atoms with Crippen molar-refractivity contribution in [1.29, 1.82) is 0 Å². The minimum absolute atomic E-state index is 0.360. The lowest BCUT2D eigenvalue weighted by molar-refractivity contribution is -0.169. The van der Waals surface area contributed by atoms with Crippen molar-refractivity contribution >= 4 is 17.3 Å². The zero-order valence-corrected chi connectivity index (χ0v) is 15.5. The quantitative estimate of drug-likeness (QED) is 0.840. The van der Waals surface area contributed by atoms with E-state index in [1.165, 1.54) is 0 Å². The van der Waals surface area contributed by atoms with Gasteiger partial charge in [-0.05, 0) is 26.0 Å². The van der Waals surface area contributed by atoms with Crippen molar-refractivity contribution in [1.82, 2.24) is 9.97 Å². The Balaban J connectivity index is 1.56. The summed E-state index contributed by atoms with van der Waals surface area (Å²) in [6, 6.07) is 12.5. The molecule has 1 aromatic heterocycles.